The quantitative estimate of drug-likeness (QED) is 0.371. The van der Waals surface area contributed by atoms with Crippen LogP contribution < -0.4 is 10.6 Å². The molecule has 0 radical (unpaired) electrons. The fraction of sp³-hybridized carbons (Fsp3) is 0.300. The molecule has 4 nitrogen and oxygen atoms in total. The summed E-state index contributed by atoms with van der Waals surface area (Å²) < 4.78 is 92.2. The molecule has 0 atom stereocenters. The zero-order valence-electron chi connectivity index (χ0n) is 16.9. The first-order valence-electron chi connectivity index (χ1n) is 9.21. The highest BCUT2D eigenvalue weighted by molar-refractivity contribution is 6.40. The second kappa shape index (κ2) is 10.2. The van der Waals surface area contributed by atoms with Crippen molar-refractivity contribution in [2.45, 2.75) is 37.9 Å². The summed E-state index contributed by atoms with van der Waals surface area (Å²) in [6, 6.07) is 4.09. The maximum Gasteiger partial charge on any atom is 0.435 e. The predicted molar refractivity (Wildman–Crippen MR) is 113 cm³/mol. The van der Waals surface area contributed by atoms with Crippen LogP contribution in [0.5, 0.6) is 0 Å². The van der Waals surface area contributed by atoms with Gasteiger partial charge in [0.2, 0.25) is 5.91 Å². The zero-order chi connectivity index (χ0) is 26.1. The molecule has 0 saturated carbocycles. The fourth-order valence-electron chi connectivity index (χ4n) is 2.72. The molecule has 34 heavy (non-hydrogen) atoms. The number of alkyl halides is 7. The van der Waals surface area contributed by atoms with Crippen LogP contribution in [0.25, 0.3) is 0 Å². The Morgan fingerprint density at radius 3 is 1.82 bits per heavy atom. The number of carbonyl (C=O) groups excluding carboxylic acids is 2. The third-order valence-corrected chi connectivity index (χ3v) is 5.52. The Morgan fingerprint density at radius 2 is 1.38 bits per heavy atom. The molecular formula is C20H14Cl3F7N2O2. The van der Waals surface area contributed by atoms with Gasteiger partial charge in [0.1, 0.15) is 0 Å². The number of rotatable bonds is 6. The molecular weight excluding hydrogens is 540 g/mol. The number of amides is 2. The summed E-state index contributed by atoms with van der Waals surface area (Å²) in [5.41, 5.74) is -7.79. The van der Waals surface area contributed by atoms with E-state index in [0.29, 0.717) is 5.56 Å². The van der Waals surface area contributed by atoms with E-state index < -0.39 is 45.2 Å². The summed E-state index contributed by atoms with van der Waals surface area (Å²) in [6.07, 6.45) is -12.5. The highest BCUT2D eigenvalue weighted by Gasteiger charge is 2.73. The van der Waals surface area contributed by atoms with Crippen molar-refractivity contribution in [3.05, 3.63) is 62.1 Å². The molecule has 2 N–H and O–H groups in total. The van der Waals surface area contributed by atoms with Gasteiger partial charge in [0.25, 0.3) is 5.91 Å². The number of anilines is 1. The number of halogens is 10. The second-order valence-corrected chi connectivity index (χ2v) is 8.08. The molecule has 186 valence electrons. The summed E-state index contributed by atoms with van der Waals surface area (Å²) in [5.74, 6) is -1.15. The molecule has 0 heterocycles. The molecule has 0 fully saturated rings. The molecule has 0 unspecified atom stereocenters. The third kappa shape index (κ3) is 5.69. The minimum Gasteiger partial charge on any atom is -0.352 e. The van der Waals surface area contributed by atoms with Crippen molar-refractivity contribution in [2.24, 2.45) is 0 Å². The summed E-state index contributed by atoms with van der Waals surface area (Å²) in [7, 11) is 0. The van der Waals surface area contributed by atoms with E-state index in [0.717, 1.165) is 0 Å². The normalized spacial score (nSPS) is 12.4. The van der Waals surface area contributed by atoms with Crippen LogP contribution in [-0.4, -0.2) is 24.2 Å². The first kappa shape index (κ1) is 28.0. The third-order valence-electron chi connectivity index (χ3n) is 4.57. The van der Waals surface area contributed by atoms with Crippen molar-refractivity contribution in [3.63, 3.8) is 0 Å². The first-order valence-corrected chi connectivity index (χ1v) is 10.3. The van der Waals surface area contributed by atoms with Crippen molar-refractivity contribution >= 4 is 52.3 Å². The molecule has 2 aromatic rings. The van der Waals surface area contributed by atoms with Gasteiger partial charge in [0.05, 0.1) is 15.7 Å². The van der Waals surface area contributed by atoms with Crippen molar-refractivity contribution in [3.8, 4) is 0 Å². The monoisotopic (exact) mass is 552 g/mol. The minimum absolute atomic E-state index is 0.0720. The molecule has 2 rings (SSSR count). The number of carbonyl (C=O) groups is 2. The van der Waals surface area contributed by atoms with Gasteiger partial charge in [-0.1, -0.05) is 47.8 Å². The summed E-state index contributed by atoms with van der Waals surface area (Å²) in [4.78, 5) is 23.8. The topological polar surface area (TPSA) is 58.2 Å². The molecule has 2 aromatic carbocycles. The van der Waals surface area contributed by atoms with Crippen LogP contribution in [0, 0.1) is 0 Å². The standard InChI is InChI=1S/C20H14Cl3F7N2O2/c1-2-15(33)31-8-10-4-3-9(5-12(10)21)17(34)32-16-13(22)6-11(7-14(16)23)18(24,19(25,26)27)20(28,29)30/h3-7H,2,8H2,1H3,(H,31,33)(H,32,34). The average molecular weight is 554 g/mol. The van der Waals surface area contributed by atoms with Gasteiger partial charge in [-0.25, -0.2) is 4.39 Å². The molecule has 0 aliphatic rings. The Kier molecular flexibility index (Phi) is 8.37. The van der Waals surface area contributed by atoms with Crippen LogP contribution in [0.1, 0.15) is 34.8 Å². The molecule has 14 heteroatoms. The van der Waals surface area contributed by atoms with E-state index in [2.05, 4.69) is 10.6 Å². The lowest BCUT2D eigenvalue weighted by atomic mass is 9.94. The van der Waals surface area contributed by atoms with Crippen molar-refractivity contribution in [1.29, 1.82) is 0 Å². The van der Waals surface area contributed by atoms with Gasteiger partial charge in [-0.2, -0.15) is 26.3 Å². The van der Waals surface area contributed by atoms with E-state index in [-0.39, 0.29) is 41.6 Å². The van der Waals surface area contributed by atoms with Crippen LogP contribution >= 0.6 is 34.8 Å². The highest BCUT2D eigenvalue weighted by atomic mass is 35.5. The smallest absolute Gasteiger partial charge is 0.352 e. The minimum atomic E-state index is -6.36. The van der Waals surface area contributed by atoms with Crippen LogP contribution in [0.15, 0.2) is 30.3 Å². The van der Waals surface area contributed by atoms with Crippen molar-refractivity contribution in [2.75, 3.05) is 5.32 Å². The summed E-state index contributed by atoms with van der Waals surface area (Å²) in [6.45, 7) is 1.73. The molecule has 0 spiro atoms. The van der Waals surface area contributed by atoms with E-state index >= 15 is 0 Å². The molecule has 0 saturated heterocycles. The van der Waals surface area contributed by atoms with Gasteiger partial charge in [-0.05, 0) is 29.8 Å². The SMILES string of the molecule is CCC(=O)NCc1ccc(C(=O)Nc2c(Cl)cc(C(F)(C(F)(F)F)C(F)(F)F)cc2Cl)cc1Cl. The first-order chi connectivity index (χ1) is 15.5. The second-order valence-electron chi connectivity index (χ2n) is 6.86. The molecule has 0 aliphatic heterocycles. The number of hydrogen-bond acceptors (Lipinski definition) is 2. The van der Waals surface area contributed by atoms with E-state index in [1.165, 1.54) is 18.2 Å². The van der Waals surface area contributed by atoms with Gasteiger partial charge < -0.3 is 10.6 Å². The van der Waals surface area contributed by atoms with Crippen molar-refractivity contribution in [1.82, 2.24) is 5.32 Å². The molecule has 0 aliphatic carbocycles. The van der Waals surface area contributed by atoms with E-state index in [4.69, 9.17) is 34.8 Å². The maximum atomic E-state index is 14.3. The van der Waals surface area contributed by atoms with Gasteiger partial charge >= 0.3 is 18.0 Å². The van der Waals surface area contributed by atoms with Crippen LogP contribution in [0.3, 0.4) is 0 Å². The largest absolute Gasteiger partial charge is 0.435 e. The van der Waals surface area contributed by atoms with Crippen molar-refractivity contribution < 1.29 is 40.3 Å². The van der Waals surface area contributed by atoms with Crippen LogP contribution in [0.4, 0.5) is 36.4 Å². The Bertz CT molecular complexity index is 1070. The maximum absolute atomic E-state index is 14.3. The van der Waals surface area contributed by atoms with E-state index in [9.17, 15) is 40.3 Å². The lowest BCUT2D eigenvalue weighted by Crippen LogP contribution is -2.50. The Morgan fingerprint density at radius 1 is 0.853 bits per heavy atom. The Balaban J connectivity index is 2.34. The van der Waals surface area contributed by atoms with Crippen LogP contribution in [-0.2, 0) is 17.0 Å². The lowest BCUT2D eigenvalue weighted by Gasteiger charge is -2.30. The molecule has 0 bridgehead atoms. The fourth-order valence-corrected chi connectivity index (χ4v) is 3.54. The number of benzene rings is 2. The number of nitrogens with one attached hydrogen (secondary N) is 2. The summed E-state index contributed by atoms with van der Waals surface area (Å²) in [5, 5.41) is 3.09. The zero-order valence-corrected chi connectivity index (χ0v) is 19.2. The lowest BCUT2D eigenvalue weighted by molar-refractivity contribution is -0.348. The average Bonchev–Trinajstić information content (AvgIpc) is 2.72. The predicted octanol–water partition coefficient (Wildman–Crippen LogP) is 7.21. The molecule has 0 aromatic heterocycles. The molecule has 2 amide bonds. The van der Waals surface area contributed by atoms with Gasteiger partial charge in [0, 0.05) is 29.1 Å². The summed E-state index contributed by atoms with van der Waals surface area (Å²) >= 11 is 17.6. The highest BCUT2D eigenvalue weighted by Crippen LogP contribution is 2.54. The van der Waals surface area contributed by atoms with E-state index in [1.54, 1.807) is 6.92 Å². The van der Waals surface area contributed by atoms with Crippen LogP contribution in [0.2, 0.25) is 15.1 Å². The van der Waals surface area contributed by atoms with Gasteiger partial charge in [0.15, 0.2) is 0 Å². The van der Waals surface area contributed by atoms with Gasteiger partial charge in [-0.15, -0.1) is 0 Å². The van der Waals surface area contributed by atoms with Gasteiger partial charge in [-0.3, -0.25) is 9.59 Å². The Labute approximate surface area is 203 Å². The Hall–Kier alpha value is -2.24. The number of hydrogen-bond donors (Lipinski definition) is 2. The van der Waals surface area contributed by atoms with E-state index in [1.807, 2.05) is 0 Å².